The summed E-state index contributed by atoms with van der Waals surface area (Å²) in [5, 5.41) is 2.74. The van der Waals surface area contributed by atoms with Crippen LogP contribution in [0, 0.1) is 0 Å². The average Bonchev–Trinajstić information content (AvgIpc) is 3.51. The molecule has 0 saturated carbocycles. The average molecular weight is 624 g/mol. The van der Waals surface area contributed by atoms with E-state index in [4.69, 9.17) is 14.2 Å². The van der Waals surface area contributed by atoms with Gasteiger partial charge in [-0.3, -0.25) is 19.2 Å². The predicted octanol–water partition coefficient (Wildman–Crippen LogP) is 4.85. The predicted molar refractivity (Wildman–Crippen MR) is 166 cm³/mol. The fourth-order valence-electron chi connectivity index (χ4n) is 4.25. The Bertz CT molecular complexity index is 1590. The van der Waals surface area contributed by atoms with Gasteiger partial charge in [-0.2, -0.15) is 0 Å². The molecular weight excluding hydrogens is 590 g/mol. The number of thiophene rings is 1. The molecule has 0 radical (unpaired) electrons. The lowest BCUT2D eigenvalue weighted by atomic mass is 10.0. The van der Waals surface area contributed by atoms with Gasteiger partial charge in [0.15, 0.2) is 0 Å². The van der Waals surface area contributed by atoms with E-state index in [1.165, 1.54) is 34.3 Å². The summed E-state index contributed by atoms with van der Waals surface area (Å²) >= 11 is 2.72. The van der Waals surface area contributed by atoms with Crippen molar-refractivity contribution < 1.29 is 28.6 Å². The summed E-state index contributed by atoms with van der Waals surface area (Å²) in [5.41, 5.74) is 1.04. The standard InChI is InChI=1S/C31H33N3O7S2/c1-3-39-28(36)15-16-41-26-10-6-5-9-24(26)30(33-43-22-12-13-25-21(18-22)11-14-27(35)32-25)31(38)34(20-29(37)40-4-2)19-23-8-7-17-42-23/h5-14,17-18,30,33H,3-4,15-16,19-20H2,1-2H3,(H,32,35)/t30-/m1/s1. The van der Waals surface area contributed by atoms with Crippen LogP contribution in [0.5, 0.6) is 5.75 Å². The van der Waals surface area contributed by atoms with Crippen LogP contribution >= 0.6 is 23.3 Å². The second-order valence-corrected chi connectivity index (χ2v) is 11.2. The first-order valence-electron chi connectivity index (χ1n) is 13.8. The zero-order chi connectivity index (χ0) is 30.6. The number of fused-ring (bicyclic) bond motifs is 1. The van der Waals surface area contributed by atoms with Crippen molar-refractivity contribution in [3.05, 3.63) is 92.9 Å². The molecule has 2 aromatic carbocycles. The highest BCUT2D eigenvalue weighted by Crippen LogP contribution is 2.31. The van der Waals surface area contributed by atoms with Gasteiger partial charge in [-0.1, -0.05) is 24.3 Å². The minimum atomic E-state index is -0.940. The Balaban J connectivity index is 1.64. The number of ether oxygens (including phenoxy) is 3. The number of pyridine rings is 1. The van der Waals surface area contributed by atoms with E-state index in [0.29, 0.717) is 16.8 Å². The molecule has 1 amide bonds. The first-order valence-corrected chi connectivity index (χ1v) is 15.5. The van der Waals surface area contributed by atoms with Gasteiger partial charge in [-0.05, 0) is 73.0 Å². The van der Waals surface area contributed by atoms with Gasteiger partial charge >= 0.3 is 11.9 Å². The molecule has 0 fully saturated rings. The minimum Gasteiger partial charge on any atom is -0.493 e. The molecule has 4 aromatic rings. The molecule has 1 atom stereocenters. The van der Waals surface area contributed by atoms with E-state index >= 15 is 0 Å². The van der Waals surface area contributed by atoms with Gasteiger partial charge in [0.25, 0.3) is 0 Å². The molecule has 2 heterocycles. The van der Waals surface area contributed by atoms with Crippen LogP contribution in [-0.2, 0) is 30.4 Å². The second kappa shape index (κ2) is 15.9. The number of esters is 2. The Morgan fingerprint density at radius 1 is 0.977 bits per heavy atom. The van der Waals surface area contributed by atoms with Crippen LogP contribution in [0.3, 0.4) is 0 Å². The van der Waals surface area contributed by atoms with Gasteiger partial charge < -0.3 is 24.1 Å². The SMILES string of the molecule is CCOC(=O)CCOc1ccccc1[C@@H](NSc1ccc2[nH]c(=O)ccc2c1)C(=O)N(CC(=O)OCC)Cc1cccs1. The summed E-state index contributed by atoms with van der Waals surface area (Å²) in [6.07, 6.45) is 0.0511. The van der Waals surface area contributed by atoms with Gasteiger partial charge in [0.1, 0.15) is 18.3 Å². The second-order valence-electron chi connectivity index (χ2n) is 9.24. The molecule has 0 aliphatic rings. The molecule has 0 aliphatic carbocycles. The third-order valence-electron chi connectivity index (χ3n) is 6.20. The molecule has 0 bridgehead atoms. The number of hydrogen-bond donors (Lipinski definition) is 2. The van der Waals surface area contributed by atoms with Crippen molar-refractivity contribution in [3.8, 4) is 5.75 Å². The Morgan fingerprint density at radius 3 is 2.53 bits per heavy atom. The van der Waals surface area contributed by atoms with E-state index in [9.17, 15) is 19.2 Å². The molecular formula is C31H33N3O7S2. The fraction of sp³-hybridized carbons (Fsp3) is 0.290. The Labute approximate surface area is 257 Å². The number of nitrogens with one attached hydrogen (secondary N) is 2. The van der Waals surface area contributed by atoms with E-state index in [1.54, 1.807) is 50.2 Å². The molecule has 10 nitrogen and oxygen atoms in total. The van der Waals surface area contributed by atoms with Gasteiger partial charge in [-0.15, -0.1) is 11.3 Å². The van der Waals surface area contributed by atoms with Crippen molar-refractivity contribution in [1.82, 2.24) is 14.6 Å². The van der Waals surface area contributed by atoms with Gasteiger partial charge in [0.05, 0.1) is 32.8 Å². The lowest BCUT2D eigenvalue weighted by Gasteiger charge is -2.28. The largest absolute Gasteiger partial charge is 0.493 e. The molecule has 43 heavy (non-hydrogen) atoms. The lowest BCUT2D eigenvalue weighted by molar-refractivity contribution is -0.149. The normalized spacial score (nSPS) is 11.6. The van der Waals surface area contributed by atoms with Crippen LogP contribution in [0.25, 0.3) is 10.9 Å². The number of benzene rings is 2. The third-order valence-corrected chi connectivity index (χ3v) is 7.90. The molecule has 0 spiro atoms. The number of hydrogen-bond acceptors (Lipinski definition) is 10. The monoisotopic (exact) mass is 623 g/mol. The zero-order valence-electron chi connectivity index (χ0n) is 23.9. The zero-order valence-corrected chi connectivity index (χ0v) is 25.5. The van der Waals surface area contributed by atoms with Gasteiger partial charge in [0.2, 0.25) is 11.5 Å². The first kappa shape index (κ1) is 31.8. The lowest BCUT2D eigenvalue weighted by Crippen LogP contribution is -2.42. The molecule has 4 rings (SSSR count). The molecule has 0 unspecified atom stereocenters. The van der Waals surface area contributed by atoms with Crippen molar-refractivity contribution in [2.75, 3.05) is 26.4 Å². The molecule has 12 heteroatoms. The molecule has 2 N–H and O–H groups in total. The third kappa shape index (κ3) is 9.18. The van der Waals surface area contributed by atoms with Crippen LogP contribution in [-0.4, -0.2) is 54.1 Å². The maximum Gasteiger partial charge on any atom is 0.325 e. The number of carbonyl (C=O) groups excluding carboxylic acids is 3. The number of rotatable bonds is 15. The van der Waals surface area contributed by atoms with E-state index < -0.39 is 12.0 Å². The highest BCUT2D eigenvalue weighted by Gasteiger charge is 2.30. The Kier molecular flexibility index (Phi) is 11.8. The summed E-state index contributed by atoms with van der Waals surface area (Å²) in [5.74, 6) is -0.834. The Morgan fingerprint density at radius 2 is 1.77 bits per heavy atom. The number of aromatic nitrogens is 1. The van der Waals surface area contributed by atoms with E-state index in [-0.39, 0.29) is 56.8 Å². The first-order chi connectivity index (χ1) is 20.9. The number of carbonyl (C=O) groups is 3. The fourth-order valence-corrected chi connectivity index (χ4v) is 5.77. The number of para-hydroxylation sites is 1. The smallest absolute Gasteiger partial charge is 0.325 e. The van der Waals surface area contributed by atoms with Crippen molar-refractivity contribution in [3.63, 3.8) is 0 Å². The van der Waals surface area contributed by atoms with Crippen LogP contribution in [0.15, 0.2) is 81.8 Å². The van der Waals surface area contributed by atoms with E-state index in [2.05, 4.69) is 9.71 Å². The molecule has 226 valence electrons. The van der Waals surface area contributed by atoms with E-state index in [1.807, 2.05) is 29.6 Å². The minimum absolute atomic E-state index is 0.0511. The maximum absolute atomic E-state index is 14.3. The number of H-pyrrole nitrogens is 1. The summed E-state index contributed by atoms with van der Waals surface area (Å²) in [6, 6.07) is 18.6. The van der Waals surface area contributed by atoms with Crippen molar-refractivity contribution in [2.45, 2.75) is 37.8 Å². The topological polar surface area (TPSA) is 127 Å². The van der Waals surface area contributed by atoms with Crippen molar-refractivity contribution in [1.29, 1.82) is 0 Å². The summed E-state index contributed by atoms with van der Waals surface area (Å²) in [6.45, 7) is 3.97. The van der Waals surface area contributed by atoms with Gasteiger partial charge in [0, 0.05) is 26.9 Å². The van der Waals surface area contributed by atoms with Crippen molar-refractivity contribution >= 4 is 52.0 Å². The molecule has 0 aliphatic heterocycles. The highest BCUT2D eigenvalue weighted by molar-refractivity contribution is 7.97. The quantitative estimate of drug-likeness (QED) is 0.141. The Hall–Kier alpha value is -4.13. The highest BCUT2D eigenvalue weighted by atomic mass is 32.2. The summed E-state index contributed by atoms with van der Waals surface area (Å²) in [4.78, 5) is 56.4. The van der Waals surface area contributed by atoms with Crippen molar-refractivity contribution in [2.24, 2.45) is 0 Å². The van der Waals surface area contributed by atoms with Crippen LogP contribution < -0.4 is 15.0 Å². The number of aromatic amines is 1. The molecule has 2 aromatic heterocycles. The van der Waals surface area contributed by atoms with Crippen LogP contribution in [0.1, 0.15) is 36.8 Å². The number of nitrogens with zero attached hydrogens (tertiary/aromatic N) is 1. The molecule has 0 saturated heterocycles. The van der Waals surface area contributed by atoms with Crippen LogP contribution in [0.4, 0.5) is 0 Å². The summed E-state index contributed by atoms with van der Waals surface area (Å²) < 4.78 is 19.4. The van der Waals surface area contributed by atoms with Crippen LogP contribution in [0.2, 0.25) is 0 Å². The van der Waals surface area contributed by atoms with Gasteiger partial charge in [-0.25, -0.2) is 4.72 Å². The van der Waals surface area contributed by atoms with E-state index in [0.717, 1.165) is 15.2 Å². The maximum atomic E-state index is 14.3. The number of amides is 1. The summed E-state index contributed by atoms with van der Waals surface area (Å²) in [7, 11) is 0.